The van der Waals surface area contributed by atoms with E-state index in [0.717, 1.165) is 6.42 Å². The van der Waals surface area contributed by atoms with Crippen molar-refractivity contribution >= 4 is 5.69 Å². The van der Waals surface area contributed by atoms with E-state index in [9.17, 15) is 13.2 Å². The molecule has 1 saturated heterocycles. The van der Waals surface area contributed by atoms with Crippen molar-refractivity contribution in [2.75, 3.05) is 31.1 Å². The standard InChI is InChI=1S/C15H21F3N2O/c1-11-10-20(7-2-8-21-11)14-4-3-12(5-6-19)9-13(14)15(16,17)18/h3-4,9,11H,2,5-8,10,19H2,1H3. The van der Waals surface area contributed by atoms with Crippen LogP contribution >= 0.6 is 0 Å². The van der Waals surface area contributed by atoms with E-state index < -0.39 is 11.7 Å². The Hall–Kier alpha value is -1.27. The number of nitrogens with zero attached hydrogens (tertiary/aromatic N) is 1. The fourth-order valence-corrected chi connectivity index (χ4v) is 2.62. The molecule has 1 aliphatic heterocycles. The van der Waals surface area contributed by atoms with E-state index >= 15 is 0 Å². The number of hydrogen-bond donors (Lipinski definition) is 1. The summed E-state index contributed by atoms with van der Waals surface area (Å²) in [6.07, 6.45) is -3.26. The molecule has 0 aromatic heterocycles. The highest BCUT2D eigenvalue weighted by molar-refractivity contribution is 5.56. The first-order chi connectivity index (χ1) is 9.91. The largest absolute Gasteiger partial charge is 0.418 e. The number of nitrogens with two attached hydrogens (primary N) is 1. The fraction of sp³-hybridized carbons (Fsp3) is 0.600. The third-order valence-corrected chi connectivity index (χ3v) is 3.59. The molecule has 0 aliphatic carbocycles. The Morgan fingerprint density at radius 3 is 2.81 bits per heavy atom. The van der Waals surface area contributed by atoms with Crippen LogP contribution in [-0.4, -0.2) is 32.3 Å². The van der Waals surface area contributed by atoms with Gasteiger partial charge in [0.1, 0.15) is 0 Å². The normalized spacial score (nSPS) is 20.4. The van der Waals surface area contributed by atoms with E-state index in [1.807, 2.05) is 6.92 Å². The van der Waals surface area contributed by atoms with Gasteiger partial charge in [0, 0.05) is 25.4 Å². The molecular weight excluding hydrogens is 281 g/mol. The van der Waals surface area contributed by atoms with Crippen LogP contribution in [0.2, 0.25) is 0 Å². The van der Waals surface area contributed by atoms with E-state index in [4.69, 9.17) is 10.5 Å². The molecule has 1 aliphatic rings. The number of ether oxygens (including phenoxy) is 1. The van der Waals surface area contributed by atoms with Crippen LogP contribution in [0.25, 0.3) is 0 Å². The number of halogens is 3. The van der Waals surface area contributed by atoms with Crippen LogP contribution in [-0.2, 0) is 17.3 Å². The van der Waals surface area contributed by atoms with Gasteiger partial charge in [-0.1, -0.05) is 6.07 Å². The van der Waals surface area contributed by atoms with Crippen molar-refractivity contribution in [2.45, 2.75) is 32.0 Å². The van der Waals surface area contributed by atoms with Gasteiger partial charge in [-0.2, -0.15) is 13.2 Å². The number of benzene rings is 1. The molecule has 21 heavy (non-hydrogen) atoms. The van der Waals surface area contributed by atoms with Crippen LogP contribution in [0.1, 0.15) is 24.5 Å². The first kappa shape index (κ1) is 16.1. The van der Waals surface area contributed by atoms with Crippen LogP contribution in [0.3, 0.4) is 0 Å². The highest BCUT2D eigenvalue weighted by Gasteiger charge is 2.35. The van der Waals surface area contributed by atoms with Gasteiger partial charge in [0.05, 0.1) is 11.7 Å². The average molecular weight is 302 g/mol. The van der Waals surface area contributed by atoms with Gasteiger partial charge in [-0.25, -0.2) is 0 Å². The molecule has 0 amide bonds. The maximum absolute atomic E-state index is 13.3. The second-order valence-corrected chi connectivity index (χ2v) is 5.37. The van der Waals surface area contributed by atoms with Gasteiger partial charge in [-0.05, 0) is 44.0 Å². The summed E-state index contributed by atoms with van der Waals surface area (Å²) in [5, 5.41) is 0. The van der Waals surface area contributed by atoms with E-state index in [2.05, 4.69) is 0 Å². The molecule has 0 bridgehead atoms. The molecule has 3 nitrogen and oxygen atoms in total. The van der Waals surface area contributed by atoms with Crippen LogP contribution in [0, 0.1) is 0 Å². The molecule has 6 heteroatoms. The first-order valence-electron chi connectivity index (χ1n) is 7.18. The highest BCUT2D eigenvalue weighted by Crippen LogP contribution is 2.37. The summed E-state index contributed by atoms with van der Waals surface area (Å²) < 4.78 is 45.5. The second-order valence-electron chi connectivity index (χ2n) is 5.37. The van der Waals surface area contributed by atoms with Gasteiger partial charge >= 0.3 is 6.18 Å². The quantitative estimate of drug-likeness (QED) is 0.933. The van der Waals surface area contributed by atoms with Gasteiger partial charge in [-0.15, -0.1) is 0 Å². The molecule has 0 spiro atoms. The van der Waals surface area contributed by atoms with Crippen molar-refractivity contribution in [3.05, 3.63) is 29.3 Å². The molecule has 2 N–H and O–H groups in total. The predicted octanol–water partition coefficient (Wildman–Crippen LogP) is 2.82. The van der Waals surface area contributed by atoms with Crippen molar-refractivity contribution in [3.8, 4) is 0 Å². The zero-order valence-electron chi connectivity index (χ0n) is 12.1. The first-order valence-corrected chi connectivity index (χ1v) is 7.18. The summed E-state index contributed by atoms with van der Waals surface area (Å²) in [4.78, 5) is 1.77. The summed E-state index contributed by atoms with van der Waals surface area (Å²) in [6.45, 7) is 3.85. The summed E-state index contributed by atoms with van der Waals surface area (Å²) in [5.74, 6) is 0. The summed E-state index contributed by atoms with van der Waals surface area (Å²) in [5.41, 5.74) is 5.71. The molecule has 1 atom stereocenters. The van der Waals surface area contributed by atoms with Crippen LogP contribution in [0.4, 0.5) is 18.9 Å². The molecular formula is C15H21F3N2O. The molecule has 0 radical (unpaired) electrons. The second kappa shape index (κ2) is 6.66. The summed E-state index contributed by atoms with van der Waals surface area (Å²) in [7, 11) is 0. The SMILES string of the molecule is CC1CN(c2ccc(CCN)cc2C(F)(F)F)CCCO1. The minimum atomic E-state index is -4.36. The number of hydrogen-bond acceptors (Lipinski definition) is 3. The maximum Gasteiger partial charge on any atom is 0.418 e. The third kappa shape index (κ3) is 4.11. The van der Waals surface area contributed by atoms with Gasteiger partial charge in [0.2, 0.25) is 0 Å². The van der Waals surface area contributed by atoms with Crippen molar-refractivity contribution in [2.24, 2.45) is 5.73 Å². The van der Waals surface area contributed by atoms with Crippen molar-refractivity contribution in [3.63, 3.8) is 0 Å². The Kier molecular flexibility index (Phi) is 5.11. The molecule has 0 saturated carbocycles. The summed E-state index contributed by atoms with van der Waals surface area (Å²) >= 11 is 0. The predicted molar refractivity (Wildman–Crippen MR) is 76.4 cm³/mol. The highest BCUT2D eigenvalue weighted by atomic mass is 19.4. The molecule has 1 aromatic carbocycles. The van der Waals surface area contributed by atoms with Crippen molar-refractivity contribution in [1.82, 2.24) is 0 Å². The Balaban J connectivity index is 2.36. The molecule has 118 valence electrons. The monoisotopic (exact) mass is 302 g/mol. The maximum atomic E-state index is 13.3. The molecule has 2 rings (SSSR count). The molecule has 1 heterocycles. The van der Waals surface area contributed by atoms with E-state index in [0.29, 0.717) is 38.2 Å². The zero-order valence-corrected chi connectivity index (χ0v) is 12.1. The fourth-order valence-electron chi connectivity index (χ4n) is 2.62. The summed E-state index contributed by atoms with van der Waals surface area (Å²) in [6, 6.07) is 4.51. The van der Waals surface area contributed by atoms with Crippen LogP contribution < -0.4 is 10.6 Å². The lowest BCUT2D eigenvalue weighted by Gasteiger charge is -2.28. The Morgan fingerprint density at radius 2 is 2.14 bits per heavy atom. The Bertz CT molecular complexity index is 476. The van der Waals surface area contributed by atoms with E-state index in [-0.39, 0.29) is 11.8 Å². The molecule has 1 aromatic rings. The number of anilines is 1. The lowest BCUT2D eigenvalue weighted by Crippen LogP contribution is -2.32. The van der Waals surface area contributed by atoms with Gasteiger partial charge < -0.3 is 15.4 Å². The van der Waals surface area contributed by atoms with Gasteiger partial charge in [0.15, 0.2) is 0 Å². The minimum absolute atomic E-state index is 0.0719. The molecule has 1 unspecified atom stereocenters. The molecule has 1 fully saturated rings. The zero-order chi connectivity index (χ0) is 15.5. The third-order valence-electron chi connectivity index (χ3n) is 3.59. The van der Waals surface area contributed by atoms with Crippen LogP contribution in [0.5, 0.6) is 0 Å². The number of rotatable bonds is 3. The lowest BCUT2D eigenvalue weighted by atomic mass is 10.0. The number of alkyl halides is 3. The van der Waals surface area contributed by atoms with Crippen molar-refractivity contribution < 1.29 is 17.9 Å². The van der Waals surface area contributed by atoms with Gasteiger partial charge in [-0.3, -0.25) is 0 Å². The van der Waals surface area contributed by atoms with E-state index in [1.165, 1.54) is 6.07 Å². The van der Waals surface area contributed by atoms with Crippen molar-refractivity contribution in [1.29, 1.82) is 0 Å². The smallest absolute Gasteiger partial charge is 0.377 e. The Labute approximate surface area is 122 Å². The minimum Gasteiger partial charge on any atom is -0.377 e. The van der Waals surface area contributed by atoms with Crippen LogP contribution in [0.15, 0.2) is 18.2 Å². The lowest BCUT2D eigenvalue weighted by molar-refractivity contribution is -0.137. The van der Waals surface area contributed by atoms with E-state index in [1.54, 1.807) is 17.0 Å². The Morgan fingerprint density at radius 1 is 1.38 bits per heavy atom. The topological polar surface area (TPSA) is 38.5 Å². The average Bonchev–Trinajstić information content (AvgIpc) is 2.63. The van der Waals surface area contributed by atoms with Gasteiger partial charge in [0.25, 0.3) is 0 Å².